The van der Waals surface area contributed by atoms with Gasteiger partial charge in [-0.1, -0.05) is 36.4 Å². The predicted molar refractivity (Wildman–Crippen MR) is 87.5 cm³/mol. The lowest BCUT2D eigenvalue weighted by Crippen LogP contribution is -2.51. The summed E-state index contributed by atoms with van der Waals surface area (Å²) in [7, 11) is 0. The third-order valence-electron chi connectivity index (χ3n) is 4.10. The van der Waals surface area contributed by atoms with Crippen molar-refractivity contribution in [2.24, 2.45) is 0 Å². The highest BCUT2D eigenvalue weighted by Gasteiger charge is 2.24. The Hall–Kier alpha value is -2.38. The van der Waals surface area contributed by atoms with E-state index in [-0.39, 0.29) is 0 Å². The normalized spacial score (nSPS) is 18.9. The van der Waals surface area contributed by atoms with Crippen LogP contribution in [0.3, 0.4) is 0 Å². The fourth-order valence-corrected chi connectivity index (χ4v) is 3.00. The summed E-state index contributed by atoms with van der Waals surface area (Å²) >= 11 is 0. The topological polar surface area (TPSA) is 43.2 Å². The van der Waals surface area contributed by atoms with Gasteiger partial charge in [0, 0.05) is 32.2 Å². The van der Waals surface area contributed by atoms with Crippen molar-refractivity contribution in [2.75, 3.05) is 24.5 Å². The molecule has 1 unspecified atom stereocenters. The van der Waals surface area contributed by atoms with Crippen molar-refractivity contribution in [3.8, 4) is 6.07 Å². The quantitative estimate of drug-likeness (QED) is 0.872. The number of anilines is 1. The number of piperazine rings is 1. The van der Waals surface area contributed by atoms with E-state index >= 15 is 0 Å². The van der Waals surface area contributed by atoms with Crippen molar-refractivity contribution >= 4 is 5.82 Å². The number of nitrogens with zero attached hydrogens (tertiary/aromatic N) is 4. The Bertz CT molecular complexity index is 662. The summed E-state index contributed by atoms with van der Waals surface area (Å²) < 4.78 is 0. The molecule has 0 N–H and O–H groups in total. The lowest BCUT2D eigenvalue weighted by molar-refractivity contribution is 0.220. The molecule has 2 heterocycles. The fourth-order valence-electron chi connectivity index (χ4n) is 3.00. The molecular weight excluding hydrogens is 272 g/mol. The van der Waals surface area contributed by atoms with E-state index in [9.17, 15) is 0 Å². The van der Waals surface area contributed by atoms with Crippen LogP contribution >= 0.6 is 0 Å². The van der Waals surface area contributed by atoms with Gasteiger partial charge in [-0.25, -0.2) is 4.98 Å². The van der Waals surface area contributed by atoms with E-state index in [0.29, 0.717) is 11.7 Å². The Morgan fingerprint density at radius 2 is 1.95 bits per heavy atom. The standard InChI is InChI=1S/C18H20N4/c1-15-13-21(14-16-6-3-2-4-7-16)10-11-22(15)18-9-5-8-17(12-19)20-18/h2-9,15H,10-11,13-14H2,1H3. The predicted octanol–water partition coefficient (Wildman–Crippen LogP) is 2.66. The van der Waals surface area contributed by atoms with Gasteiger partial charge < -0.3 is 4.90 Å². The molecule has 22 heavy (non-hydrogen) atoms. The van der Waals surface area contributed by atoms with E-state index in [2.05, 4.69) is 58.1 Å². The first-order valence-corrected chi connectivity index (χ1v) is 7.66. The summed E-state index contributed by atoms with van der Waals surface area (Å²) in [5.41, 5.74) is 1.84. The Labute approximate surface area is 131 Å². The number of aromatic nitrogens is 1. The van der Waals surface area contributed by atoms with Crippen molar-refractivity contribution in [3.05, 3.63) is 59.8 Å². The molecule has 1 aromatic heterocycles. The highest BCUT2D eigenvalue weighted by Crippen LogP contribution is 2.19. The minimum Gasteiger partial charge on any atom is -0.351 e. The summed E-state index contributed by atoms with van der Waals surface area (Å²) in [6.45, 7) is 6.17. The van der Waals surface area contributed by atoms with Crippen LogP contribution in [0.15, 0.2) is 48.5 Å². The fraction of sp³-hybridized carbons (Fsp3) is 0.333. The lowest BCUT2D eigenvalue weighted by Gasteiger charge is -2.40. The van der Waals surface area contributed by atoms with Gasteiger partial charge in [0.2, 0.25) is 0 Å². The van der Waals surface area contributed by atoms with Gasteiger partial charge in [0.05, 0.1) is 0 Å². The number of hydrogen-bond donors (Lipinski definition) is 0. The van der Waals surface area contributed by atoms with Crippen LogP contribution in [0.4, 0.5) is 5.82 Å². The first kappa shape index (κ1) is 14.6. The van der Waals surface area contributed by atoms with Gasteiger partial charge in [0.25, 0.3) is 0 Å². The minimum atomic E-state index is 0.388. The second kappa shape index (κ2) is 6.59. The van der Waals surface area contributed by atoms with Crippen molar-refractivity contribution in [3.63, 3.8) is 0 Å². The van der Waals surface area contributed by atoms with Crippen LogP contribution in [-0.2, 0) is 6.54 Å². The average molecular weight is 292 g/mol. The Morgan fingerprint density at radius 3 is 2.68 bits per heavy atom. The van der Waals surface area contributed by atoms with E-state index in [4.69, 9.17) is 5.26 Å². The van der Waals surface area contributed by atoms with Crippen LogP contribution in [-0.4, -0.2) is 35.6 Å². The number of nitriles is 1. The van der Waals surface area contributed by atoms with E-state index in [1.165, 1.54) is 5.56 Å². The smallest absolute Gasteiger partial charge is 0.142 e. The van der Waals surface area contributed by atoms with Gasteiger partial charge in [-0.3, -0.25) is 4.90 Å². The van der Waals surface area contributed by atoms with Crippen molar-refractivity contribution < 1.29 is 0 Å². The van der Waals surface area contributed by atoms with Crippen molar-refractivity contribution in [2.45, 2.75) is 19.5 Å². The SMILES string of the molecule is CC1CN(Cc2ccccc2)CCN1c1cccc(C#N)n1. The van der Waals surface area contributed by atoms with Crippen LogP contribution in [0.25, 0.3) is 0 Å². The van der Waals surface area contributed by atoms with Gasteiger partial charge in [-0.2, -0.15) is 5.26 Å². The molecule has 3 rings (SSSR count). The van der Waals surface area contributed by atoms with Crippen LogP contribution in [0, 0.1) is 11.3 Å². The van der Waals surface area contributed by atoms with Crippen LogP contribution in [0.5, 0.6) is 0 Å². The molecule has 0 aliphatic carbocycles. The van der Waals surface area contributed by atoms with Gasteiger partial charge in [-0.05, 0) is 24.6 Å². The molecule has 1 aromatic carbocycles. The third kappa shape index (κ3) is 3.26. The number of pyridine rings is 1. The molecular formula is C18H20N4. The zero-order valence-corrected chi connectivity index (χ0v) is 12.8. The molecule has 0 amide bonds. The molecule has 0 bridgehead atoms. The molecule has 1 atom stereocenters. The summed E-state index contributed by atoms with van der Waals surface area (Å²) in [6.07, 6.45) is 0. The number of hydrogen-bond acceptors (Lipinski definition) is 4. The molecule has 0 saturated carbocycles. The summed E-state index contributed by atoms with van der Waals surface area (Å²) in [5, 5.41) is 8.99. The molecule has 2 aromatic rings. The minimum absolute atomic E-state index is 0.388. The highest BCUT2D eigenvalue weighted by molar-refractivity contribution is 5.43. The van der Waals surface area contributed by atoms with Crippen LogP contribution < -0.4 is 4.90 Å². The molecule has 112 valence electrons. The van der Waals surface area contributed by atoms with Crippen LogP contribution in [0.2, 0.25) is 0 Å². The Kier molecular flexibility index (Phi) is 4.36. The zero-order valence-electron chi connectivity index (χ0n) is 12.8. The van der Waals surface area contributed by atoms with Crippen molar-refractivity contribution in [1.82, 2.24) is 9.88 Å². The first-order valence-electron chi connectivity index (χ1n) is 7.66. The number of rotatable bonds is 3. The Balaban J connectivity index is 1.66. The molecule has 1 saturated heterocycles. The molecule has 1 aliphatic heterocycles. The summed E-state index contributed by atoms with van der Waals surface area (Å²) in [4.78, 5) is 9.19. The largest absolute Gasteiger partial charge is 0.351 e. The maximum Gasteiger partial charge on any atom is 0.142 e. The molecule has 4 nitrogen and oxygen atoms in total. The van der Waals surface area contributed by atoms with E-state index in [1.807, 2.05) is 12.1 Å². The maximum absolute atomic E-state index is 8.99. The van der Waals surface area contributed by atoms with Gasteiger partial charge in [0.15, 0.2) is 0 Å². The molecule has 0 spiro atoms. The van der Waals surface area contributed by atoms with E-state index in [0.717, 1.165) is 32.0 Å². The zero-order chi connectivity index (χ0) is 15.4. The van der Waals surface area contributed by atoms with Crippen LogP contribution in [0.1, 0.15) is 18.2 Å². The molecule has 0 radical (unpaired) electrons. The third-order valence-corrected chi connectivity index (χ3v) is 4.10. The Morgan fingerprint density at radius 1 is 1.14 bits per heavy atom. The molecule has 1 fully saturated rings. The second-order valence-corrected chi connectivity index (χ2v) is 5.76. The first-order chi connectivity index (χ1) is 10.8. The van der Waals surface area contributed by atoms with Gasteiger partial charge in [0.1, 0.15) is 17.6 Å². The maximum atomic E-state index is 8.99. The van der Waals surface area contributed by atoms with Crippen molar-refractivity contribution in [1.29, 1.82) is 5.26 Å². The second-order valence-electron chi connectivity index (χ2n) is 5.76. The summed E-state index contributed by atoms with van der Waals surface area (Å²) in [6, 6.07) is 18.7. The highest BCUT2D eigenvalue weighted by atomic mass is 15.3. The van der Waals surface area contributed by atoms with E-state index < -0.39 is 0 Å². The lowest BCUT2D eigenvalue weighted by atomic mass is 10.1. The van der Waals surface area contributed by atoms with Gasteiger partial charge in [-0.15, -0.1) is 0 Å². The summed E-state index contributed by atoms with van der Waals surface area (Å²) in [5.74, 6) is 0.908. The number of benzene rings is 1. The average Bonchev–Trinajstić information content (AvgIpc) is 2.56. The van der Waals surface area contributed by atoms with E-state index in [1.54, 1.807) is 6.07 Å². The molecule has 4 heteroatoms. The van der Waals surface area contributed by atoms with Gasteiger partial charge >= 0.3 is 0 Å². The monoisotopic (exact) mass is 292 g/mol. The molecule has 1 aliphatic rings.